The number of nitrogens with zero attached hydrogens (tertiary/aromatic N) is 3. The number of rotatable bonds is 3. The van der Waals surface area contributed by atoms with Crippen molar-refractivity contribution in [2.75, 3.05) is 31.6 Å². The zero-order chi connectivity index (χ0) is 17.6. The van der Waals surface area contributed by atoms with E-state index in [0.29, 0.717) is 5.92 Å². The molecule has 0 atom stereocenters. The van der Waals surface area contributed by atoms with E-state index in [9.17, 15) is 0 Å². The monoisotopic (exact) mass is 339 g/mol. The molecule has 0 aliphatic carbocycles. The number of hydrogen-bond acceptors (Lipinski definition) is 5. The first kappa shape index (κ1) is 16.1. The molecular formula is C19H25N5O. The van der Waals surface area contributed by atoms with Crippen LogP contribution in [0.5, 0.6) is 5.75 Å². The second kappa shape index (κ2) is 6.19. The zero-order valence-electron chi connectivity index (χ0n) is 15.1. The number of aryl methyl sites for hydroxylation is 2. The van der Waals surface area contributed by atoms with Crippen LogP contribution in [-0.4, -0.2) is 41.9 Å². The third kappa shape index (κ3) is 2.61. The van der Waals surface area contributed by atoms with E-state index < -0.39 is 0 Å². The molecule has 4 rings (SSSR count). The SMILES string of the molecule is COc1cc(C)c2nc3n[nH]c(C)c3c(N3CCC(CN)CC3)c2c1. The van der Waals surface area contributed by atoms with Gasteiger partial charge in [0.2, 0.25) is 0 Å². The topological polar surface area (TPSA) is 80.1 Å². The van der Waals surface area contributed by atoms with Crippen LogP contribution in [0, 0.1) is 19.8 Å². The van der Waals surface area contributed by atoms with Crippen LogP contribution in [0.15, 0.2) is 12.1 Å². The number of hydrogen-bond donors (Lipinski definition) is 2. The van der Waals surface area contributed by atoms with Gasteiger partial charge in [0, 0.05) is 24.2 Å². The fourth-order valence-corrected chi connectivity index (χ4v) is 3.94. The molecule has 1 fully saturated rings. The summed E-state index contributed by atoms with van der Waals surface area (Å²) in [6, 6.07) is 4.14. The molecule has 2 aromatic heterocycles. The summed E-state index contributed by atoms with van der Waals surface area (Å²) in [5.41, 5.74) is 11.0. The van der Waals surface area contributed by atoms with Crippen molar-refractivity contribution in [1.29, 1.82) is 0 Å². The highest BCUT2D eigenvalue weighted by Crippen LogP contribution is 2.39. The normalized spacial score (nSPS) is 16.1. The predicted molar refractivity (Wildman–Crippen MR) is 101 cm³/mol. The van der Waals surface area contributed by atoms with E-state index in [4.69, 9.17) is 15.5 Å². The van der Waals surface area contributed by atoms with E-state index in [1.807, 2.05) is 6.07 Å². The van der Waals surface area contributed by atoms with Crippen molar-refractivity contribution < 1.29 is 4.74 Å². The second-order valence-electron chi connectivity index (χ2n) is 7.01. The van der Waals surface area contributed by atoms with Crippen LogP contribution in [0.3, 0.4) is 0 Å². The van der Waals surface area contributed by atoms with E-state index >= 15 is 0 Å². The highest BCUT2D eigenvalue weighted by Gasteiger charge is 2.24. The average Bonchev–Trinajstić information content (AvgIpc) is 3.01. The van der Waals surface area contributed by atoms with Crippen molar-refractivity contribution >= 4 is 27.6 Å². The van der Waals surface area contributed by atoms with Crippen molar-refractivity contribution in [3.8, 4) is 5.75 Å². The number of benzene rings is 1. The van der Waals surface area contributed by atoms with Gasteiger partial charge in [0.25, 0.3) is 0 Å². The molecule has 1 aromatic carbocycles. The van der Waals surface area contributed by atoms with Gasteiger partial charge in [0.1, 0.15) is 5.75 Å². The Bertz CT molecular complexity index is 925. The standard InChI is InChI=1S/C19H25N5O/c1-11-8-14(25-3)9-15-17(11)21-19-16(12(2)22-23-19)18(15)24-6-4-13(10-20)5-7-24/h8-9,13H,4-7,10,20H2,1-3H3,(H,21,22,23). The minimum atomic E-state index is 0.626. The number of piperidine rings is 1. The minimum absolute atomic E-state index is 0.626. The molecule has 0 unspecified atom stereocenters. The summed E-state index contributed by atoms with van der Waals surface area (Å²) in [5.74, 6) is 1.49. The molecule has 132 valence electrons. The van der Waals surface area contributed by atoms with Crippen molar-refractivity contribution in [1.82, 2.24) is 15.2 Å². The number of aromatic nitrogens is 3. The molecule has 3 N–H and O–H groups in total. The molecule has 6 heteroatoms. The highest BCUT2D eigenvalue weighted by molar-refractivity contribution is 6.09. The maximum Gasteiger partial charge on any atom is 0.183 e. The summed E-state index contributed by atoms with van der Waals surface area (Å²) in [6.45, 7) is 6.94. The predicted octanol–water partition coefficient (Wildman–Crippen LogP) is 2.91. The van der Waals surface area contributed by atoms with Gasteiger partial charge in [-0.2, -0.15) is 5.10 Å². The van der Waals surface area contributed by atoms with E-state index in [0.717, 1.165) is 71.4 Å². The zero-order valence-corrected chi connectivity index (χ0v) is 15.1. The fraction of sp³-hybridized carbons (Fsp3) is 0.474. The third-order valence-corrected chi connectivity index (χ3v) is 5.41. The molecule has 25 heavy (non-hydrogen) atoms. The van der Waals surface area contributed by atoms with E-state index in [1.54, 1.807) is 7.11 Å². The van der Waals surface area contributed by atoms with Crippen LogP contribution in [0.1, 0.15) is 24.1 Å². The van der Waals surface area contributed by atoms with Crippen molar-refractivity contribution in [3.63, 3.8) is 0 Å². The van der Waals surface area contributed by atoms with Crippen LogP contribution < -0.4 is 15.4 Å². The van der Waals surface area contributed by atoms with Crippen LogP contribution >= 0.6 is 0 Å². The van der Waals surface area contributed by atoms with E-state index in [-0.39, 0.29) is 0 Å². The number of H-pyrrole nitrogens is 1. The molecular weight excluding hydrogens is 314 g/mol. The molecule has 0 radical (unpaired) electrons. The largest absolute Gasteiger partial charge is 0.497 e. The molecule has 1 saturated heterocycles. The lowest BCUT2D eigenvalue weighted by Gasteiger charge is -2.34. The smallest absolute Gasteiger partial charge is 0.183 e. The Morgan fingerprint density at radius 3 is 2.72 bits per heavy atom. The van der Waals surface area contributed by atoms with Gasteiger partial charge < -0.3 is 15.4 Å². The van der Waals surface area contributed by atoms with Gasteiger partial charge in [-0.15, -0.1) is 0 Å². The number of nitrogens with two attached hydrogens (primary N) is 1. The Labute approximate surface area is 147 Å². The van der Waals surface area contributed by atoms with Gasteiger partial charge in [-0.1, -0.05) is 0 Å². The minimum Gasteiger partial charge on any atom is -0.497 e. The van der Waals surface area contributed by atoms with Gasteiger partial charge in [-0.3, -0.25) is 5.10 Å². The summed E-state index contributed by atoms with van der Waals surface area (Å²) < 4.78 is 5.52. The number of methoxy groups -OCH3 is 1. The Balaban J connectivity index is 1.97. The molecule has 0 saturated carbocycles. The summed E-state index contributed by atoms with van der Waals surface area (Å²) in [4.78, 5) is 7.29. The molecule has 1 aliphatic heterocycles. The number of ether oxygens (including phenoxy) is 1. The van der Waals surface area contributed by atoms with Gasteiger partial charge in [0.05, 0.1) is 23.7 Å². The average molecular weight is 339 g/mol. The Morgan fingerprint density at radius 1 is 1.28 bits per heavy atom. The van der Waals surface area contributed by atoms with E-state index in [1.165, 1.54) is 5.69 Å². The number of fused-ring (bicyclic) bond motifs is 2. The Morgan fingerprint density at radius 2 is 2.04 bits per heavy atom. The number of anilines is 1. The summed E-state index contributed by atoms with van der Waals surface area (Å²) >= 11 is 0. The summed E-state index contributed by atoms with van der Waals surface area (Å²) in [6.07, 6.45) is 2.25. The van der Waals surface area contributed by atoms with Crippen LogP contribution in [0.25, 0.3) is 21.9 Å². The molecule has 3 heterocycles. The summed E-state index contributed by atoms with van der Waals surface area (Å²) in [5, 5.41) is 9.79. The molecule has 6 nitrogen and oxygen atoms in total. The summed E-state index contributed by atoms with van der Waals surface area (Å²) in [7, 11) is 1.71. The lowest BCUT2D eigenvalue weighted by molar-refractivity contribution is 0.414. The molecule has 0 amide bonds. The Kier molecular flexibility index (Phi) is 4.00. The van der Waals surface area contributed by atoms with Crippen molar-refractivity contribution in [3.05, 3.63) is 23.4 Å². The van der Waals surface area contributed by atoms with Gasteiger partial charge in [-0.25, -0.2) is 4.98 Å². The van der Waals surface area contributed by atoms with Crippen molar-refractivity contribution in [2.45, 2.75) is 26.7 Å². The first-order valence-corrected chi connectivity index (χ1v) is 8.90. The lowest BCUT2D eigenvalue weighted by Crippen LogP contribution is -2.36. The number of aromatic amines is 1. The van der Waals surface area contributed by atoms with Crippen LogP contribution in [0.2, 0.25) is 0 Å². The molecule has 3 aromatic rings. The number of nitrogens with one attached hydrogen (secondary N) is 1. The number of pyridine rings is 1. The lowest BCUT2D eigenvalue weighted by atomic mass is 9.95. The third-order valence-electron chi connectivity index (χ3n) is 5.41. The maximum absolute atomic E-state index is 5.87. The first-order valence-electron chi connectivity index (χ1n) is 8.90. The highest BCUT2D eigenvalue weighted by atomic mass is 16.5. The molecule has 0 bridgehead atoms. The van der Waals surface area contributed by atoms with Gasteiger partial charge in [-0.05, 0) is 56.8 Å². The van der Waals surface area contributed by atoms with E-state index in [2.05, 4.69) is 35.0 Å². The Hall–Kier alpha value is -2.34. The fourth-order valence-electron chi connectivity index (χ4n) is 3.94. The molecule has 1 aliphatic rings. The van der Waals surface area contributed by atoms with Gasteiger partial charge in [0.15, 0.2) is 5.65 Å². The van der Waals surface area contributed by atoms with Crippen molar-refractivity contribution in [2.24, 2.45) is 11.7 Å². The first-order chi connectivity index (χ1) is 12.1. The van der Waals surface area contributed by atoms with Gasteiger partial charge >= 0.3 is 0 Å². The van der Waals surface area contributed by atoms with Crippen LogP contribution in [-0.2, 0) is 0 Å². The molecule has 0 spiro atoms. The second-order valence-corrected chi connectivity index (χ2v) is 7.01. The van der Waals surface area contributed by atoms with Crippen LogP contribution in [0.4, 0.5) is 5.69 Å². The quantitative estimate of drug-likeness (QED) is 0.767. The maximum atomic E-state index is 5.87.